The number of aromatic amines is 1. The Hall–Kier alpha value is -1.88. The molecule has 1 aromatic carbocycles. The molecule has 2 rings (SSSR count). The molecule has 0 radical (unpaired) electrons. The lowest BCUT2D eigenvalue weighted by Crippen LogP contribution is -2.17. The quantitative estimate of drug-likeness (QED) is 0.813. The number of methoxy groups -OCH3 is 1. The highest BCUT2D eigenvalue weighted by Gasteiger charge is 2.15. The topological polar surface area (TPSA) is 81.0 Å². The largest absolute Gasteiger partial charge is 0.465 e. The van der Waals surface area contributed by atoms with Crippen LogP contribution in [0, 0.1) is 5.92 Å². The number of fused-ring (bicyclic) bond motifs is 1. The van der Waals surface area contributed by atoms with Crippen molar-refractivity contribution >= 4 is 17.0 Å². The predicted molar refractivity (Wildman–Crippen MR) is 69.2 cm³/mol. The monoisotopic (exact) mass is 247 g/mol. The predicted octanol–water partition coefficient (Wildman–Crippen LogP) is 2.01. The number of carbonyl (C=O) groups excluding carboxylic acids is 1. The van der Waals surface area contributed by atoms with Crippen molar-refractivity contribution in [3.63, 3.8) is 0 Å². The summed E-state index contributed by atoms with van der Waals surface area (Å²) in [5.41, 5.74) is 8.13. The molecule has 1 aromatic heterocycles. The Bertz CT molecular complexity index is 575. The van der Waals surface area contributed by atoms with E-state index in [1.165, 1.54) is 7.11 Å². The number of nitrogens with two attached hydrogens (primary N) is 1. The van der Waals surface area contributed by atoms with Crippen LogP contribution in [0.4, 0.5) is 0 Å². The van der Waals surface area contributed by atoms with Gasteiger partial charge in [-0.05, 0) is 24.1 Å². The number of carbonyl (C=O) groups is 1. The van der Waals surface area contributed by atoms with E-state index >= 15 is 0 Å². The van der Waals surface area contributed by atoms with Crippen LogP contribution in [0.5, 0.6) is 0 Å². The molecule has 1 heterocycles. The second-order valence-electron chi connectivity index (χ2n) is 4.62. The molecule has 0 aliphatic rings. The van der Waals surface area contributed by atoms with Crippen LogP contribution in [0.15, 0.2) is 18.2 Å². The molecule has 5 nitrogen and oxygen atoms in total. The van der Waals surface area contributed by atoms with E-state index < -0.39 is 0 Å². The minimum absolute atomic E-state index is 0.140. The summed E-state index contributed by atoms with van der Waals surface area (Å²) in [7, 11) is 1.36. The summed E-state index contributed by atoms with van der Waals surface area (Å²) in [5.74, 6) is 0.675. The maximum Gasteiger partial charge on any atom is 0.337 e. The fourth-order valence-electron chi connectivity index (χ4n) is 1.75. The number of H-pyrrole nitrogens is 1. The summed E-state index contributed by atoms with van der Waals surface area (Å²) >= 11 is 0. The smallest absolute Gasteiger partial charge is 0.337 e. The number of ether oxygens (including phenoxy) is 1. The average Bonchev–Trinajstić information content (AvgIpc) is 2.79. The second-order valence-corrected chi connectivity index (χ2v) is 4.62. The van der Waals surface area contributed by atoms with E-state index in [0.29, 0.717) is 11.5 Å². The van der Waals surface area contributed by atoms with Gasteiger partial charge >= 0.3 is 5.97 Å². The van der Waals surface area contributed by atoms with Crippen molar-refractivity contribution in [2.45, 2.75) is 19.9 Å². The molecule has 0 spiro atoms. The van der Waals surface area contributed by atoms with Gasteiger partial charge in [-0.2, -0.15) is 0 Å². The van der Waals surface area contributed by atoms with Crippen molar-refractivity contribution < 1.29 is 9.53 Å². The SMILES string of the molecule is COC(=O)c1ccc2nc(C(N)C(C)C)[nH]c2c1. The van der Waals surface area contributed by atoms with Crippen LogP contribution in [0.25, 0.3) is 11.0 Å². The molecule has 1 unspecified atom stereocenters. The number of aromatic nitrogens is 2. The van der Waals surface area contributed by atoms with Gasteiger partial charge < -0.3 is 15.5 Å². The van der Waals surface area contributed by atoms with Crippen molar-refractivity contribution in [3.8, 4) is 0 Å². The fraction of sp³-hybridized carbons (Fsp3) is 0.385. The van der Waals surface area contributed by atoms with E-state index in [1.54, 1.807) is 18.2 Å². The molecule has 0 aliphatic carbocycles. The third-order valence-corrected chi connectivity index (χ3v) is 2.96. The van der Waals surface area contributed by atoms with E-state index in [-0.39, 0.29) is 12.0 Å². The molecule has 0 saturated heterocycles. The lowest BCUT2D eigenvalue weighted by molar-refractivity contribution is 0.0601. The van der Waals surface area contributed by atoms with Gasteiger partial charge in [0.1, 0.15) is 5.82 Å². The van der Waals surface area contributed by atoms with Gasteiger partial charge in [0.15, 0.2) is 0 Å². The lowest BCUT2D eigenvalue weighted by Gasteiger charge is -2.11. The van der Waals surface area contributed by atoms with Crippen LogP contribution in [0.3, 0.4) is 0 Å². The number of esters is 1. The van der Waals surface area contributed by atoms with Crippen LogP contribution in [-0.4, -0.2) is 23.0 Å². The molecule has 2 aromatic rings. The first-order chi connectivity index (χ1) is 8.52. The Labute approximate surface area is 105 Å². The van der Waals surface area contributed by atoms with Crippen molar-refractivity contribution in [1.82, 2.24) is 9.97 Å². The zero-order valence-electron chi connectivity index (χ0n) is 10.7. The Kier molecular flexibility index (Phi) is 3.34. The lowest BCUT2D eigenvalue weighted by atomic mass is 10.1. The minimum atomic E-state index is -0.360. The molecule has 0 saturated carbocycles. The average molecular weight is 247 g/mol. The zero-order valence-corrected chi connectivity index (χ0v) is 10.7. The molecule has 0 bridgehead atoms. The Morgan fingerprint density at radius 2 is 2.17 bits per heavy atom. The minimum Gasteiger partial charge on any atom is -0.465 e. The molecule has 0 amide bonds. The van der Waals surface area contributed by atoms with Gasteiger partial charge in [0.25, 0.3) is 0 Å². The van der Waals surface area contributed by atoms with Gasteiger partial charge in [0.2, 0.25) is 0 Å². The van der Waals surface area contributed by atoms with Gasteiger partial charge in [-0.3, -0.25) is 0 Å². The molecule has 0 aliphatic heterocycles. The number of nitrogens with one attached hydrogen (secondary N) is 1. The van der Waals surface area contributed by atoms with Crippen LogP contribution in [-0.2, 0) is 4.74 Å². The van der Waals surface area contributed by atoms with E-state index in [0.717, 1.165) is 16.9 Å². The number of imidazole rings is 1. The number of rotatable bonds is 3. The first-order valence-electron chi connectivity index (χ1n) is 5.86. The fourth-order valence-corrected chi connectivity index (χ4v) is 1.75. The molecule has 1 atom stereocenters. The standard InChI is InChI=1S/C13H17N3O2/c1-7(2)11(14)12-15-9-5-4-8(13(17)18-3)6-10(9)16-12/h4-7,11H,14H2,1-3H3,(H,15,16). The van der Waals surface area contributed by atoms with Crippen molar-refractivity contribution in [3.05, 3.63) is 29.6 Å². The third kappa shape index (κ3) is 2.22. The molecule has 96 valence electrons. The number of nitrogens with zero attached hydrogens (tertiary/aromatic N) is 1. The zero-order chi connectivity index (χ0) is 13.3. The highest BCUT2D eigenvalue weighted by atomic mass is 16.5. The first kappa shape index (κ1) is 12.6. The number of benzene rings is 1. The van der Waals surface area contributed by atoms with Gasteiger partial charge in [0.05, 0.1) is 29.7 Å². The Morgan fingerprint density at radius 1 is 1.44 bits per heavy atom. The van der Waals surface area contributed by atoms with Gasteiger partial charge in [-0.25, -0.2) is 9.78 Å². The van der Waals surface area contributed by atoms with Crippen LogP contribution in [0.2, 0.25) is 0 Å². The summed E-state index contributed by atoms with van der Waals surface area (Å²) in [6.45, 7) is 4.08. The van der Waals surface area contributed by atoms with Crippen LogP contribution < -0.4 is 5.73 Å². The molecule has 3 N–H and O–H groups in total. The Balaban J connectivity index is 2.42. The summed E-state index contributed by atoms with van der Waals surface area (Å²) in [6.07, 6.45) is 0. The summed E-state index contributed by atoms with van der Waals surface area (Å²) in [4.78, 5) is 19.0. The summed E-state index contributed by atoms with van der Waals surface area (Å²) < 4.78 is 4.68. The highest BCUT2D eigenvalue weighted by molar-refractivity contribution is 5.93. The summed E-state index contributed by atoms with van der Waals surface area (Å²) in [6, 6.07) is 5.07. The van der Waals surface area contributed by atoms with E-state index in [4.69, 9.17) is 5.73 Å². The van der Waals surface area contributed by atoms with Gasteiger partial charge in [-0.1, -0.05) is 13.8 Å². The molecule has 18 heavy (non-hydrogen) atoms. The molecule has 0 fully saturated rings. The van der Waals surface area contributed by atoms with Crippen LogP contribution in [0.1, 0.15) is 36.1 Å². The first-order valence-corrected chi connectivity index (χ1v) is 5.86. The molecule has 5 heteroatoms. The molecular formula is C13H17N3O2. The van der Waals surface area contributed by atoms with Gasteiger partial charge in [0, 0.05) is 0 Å². The van der Waals surface area contributed by atoms with Crippen molar-refractivity contribution in [2.24, 2.45) is 11.7 Å². The maximum absolute atomic E-state index is 11.4. The highest BCUT2D eigenvalue weighted by Crippen LogP contribution is 2.20. The number of hydrogen-bond acceptors (Lipinski definition) is 4. The normalized spacial score (nSPS) is 12.9. The molecular weight excluding hydrogens is 230 g/mol. The van der Waals surface area contributed by atoms with Gasteiger partial charge in [-0.15, -0.1) is 0 Å². The van der Waals surface area contributed by atoms with E-state index in [9.17, 15) is 4.79 Å². The second kappa shape index (κ2) is 4.78. The third-order valence-electron chi connectivity index (χ3n) is 2.96. The summed E-state index contributed by atoms with van der Waals surface area (Å²) in [5, 5.41) is 0. The maximum atomic E-state index is 11.4. The van der Waals surface area contributed by atoms with Crippen LogP contribution >= 0.6 is 0 Å². The van der Waals surface area contributed by atoms with Crippen molar-refractivity contribution in [1.29, 1.82) is 0 Å². The Morgan fingerprint density at radius 3 is 2.78 bits per heavy atom. The van der Waals surface area contributed by atoms with E-state index in [2.05, 4.69) is 14.7 Å². The van der Waals surface area contributed by atoms with E-state index in [1.807, 2.05) is 13.8 Å². The number of hydrogen-bond donors (Lipinski definition) is 2. The van der Waals surface area contributed by atoms with Crippen molar-refractivity contribution in [2.75, 3.05) is 7.11 Å².